The molecule has 2 rings (SSSR count). The molecule has 0 radical (unpaired) electrons. The predicted molar refractivity (Wildman–Crippen MR) is 63.8 cm³/mol. The largest absolute Gasteiger partial charge is 0.416 e. The van der Waals surface area contributed by atoms with Gasteiger partial charge in [0.1, 0.15) is 5.82 Å². The van der Waals surface area contributed by atoms with Crippen LogP contribution < -0.4 is 11.3 Å². The van der Waals surface area contributed by atoms with Gasteiger partial charge < -0.3 is 0 Å². The fraction of sp³-hybridized carbons (Fsp3) is 0.250. The van der Waals surface area contributed by atoms with Gasteiger partial charge in [0.05, 0.1) is 17.3 Å². The van der Waals surface area contributed by atoms with E-state index in [4.69, 9.17) is 5.84 Å². The minimum atomic E-state index is -4.60. The number of hydrogen-bond acceptors (Lipinski definition) is 3. The molecule has 0 bridgehead atoms. The SMILES string of the molecule is Cn1nccc1C(NN)c1cc(F)ccc1C(F)(F)F. The minimum Gasteiger partial charge on any atom is -0.271 e. The maximum atomic E-state index is 13.3. The molecule has 0 aliphatic carbocycles. The fourth-order valence-corrected chi connectivity index (χ4v) is 2.03. The Morgan fingerprint density at radius 1 is 1.30 bits per heavy atom. The van der Waals surface area contributed by atoms with E-state index >= 15 is 0 Å². The third-order valence-electron chi connectivity index (χ3n) is 2.95. The molecule has 0 aliphatic rings. The van der Waals surface area contributed by atoms with E-state index < -0.39 is 23.6 Å². The molecule has 8 heteroatoms. The van der Waals surface area contributed by atoms with Gasteiger partial charge >= 0.3 is 6.18 Å². The molecule has 2 aromatic rings. The topological polar surface area (TPSA) is 55.9 Å². The molecule has 0 fully saturated rings. The molecule has 1 atom stereocenters. The summed E-state index contributed by atoms with van der Waals surface area (Å²) in [6.07, 6.45) is -3.18. The van der Waals surface area contributed by atoms with Gasteiger partial charge in [0.25, 0.3) is 0 Å². The molecule has 1 heterocycles. The second-order valence-electron chi connectivity index (χ2n) is 4.21. The maximum Gasteiger partial charge on any atom is 0.416 e. The van der Waals surface area contributed by atoms with Crippen molar-refractivity contribution in [3.05, 3.63) is 53.1 Å². The lowest BCUT2D eigenvalue weighted by atomic mass is 9.97. The smallest absolute Gasteiger partial charge is 0.271 e. The average molecular weight is 288 g/mol. The van der Waals surface area contributed by atoms with Crippen LogP contribution in [0.4, 0.5) is 17.6 Å². The zero-order valence-electron chi connectivity index (χ0n) is 10.4. The van der Waals surface area contributed by atoms with Gasteiger partial charge in [0, 0.05) is 13.2 Å². The lowest BCUT2D eigenvalue weighted by molar-refractivity contribution is -0.138. The predicted octanol–water partition coefficient (Wildman–Crippen LogP) is 2.13. The summed E-state index contributed by atoms with van der Waals surface area (Å²) in [5, 5.41) is 3.87. The Kier molecular flexibility index (Phi) is 3.78. The van der Waals surface area contributed by atoms with Crippen LogP contribution in [0.3, 0.4) is 0 Å². The quantitative estimate of drug-likeness (QED) is 0.517. The summed E-state index contributed by atoms with van der Waals surface area (Å²) in [7, 11) is 1.56. The molecule has 1 unspecified atom stereocenters. The highest BCUT2D eigenvalue weighted by Crippen LogP contribution is 2.36. The Balaban J connectivity index is 2.60. The van der Waals surface area contributed by atoms with E-state index in [9.17, 15) is 17.6 Å². The number of aryl methyl sites for hydroxylation is 1. The van der Waals surface area contributed by atoms with Crippen molar-refractivity contribution >= 4 is 0 Å². The number of hydrogen-bond donors (Lipinski definition) is 2. The van der Waals surface area contributed by atoms with Crippen LogP contribution in [0.15, 0.2) is 30.5 Å². The average Bonchev–Trinajstić information content (AvgIpc) is 2.75. The highest BCUT2D eigenvalue weighted by atomic mass is 19.4. The van der Waals surface area contributed by atoms with Crippen LogP contribution in [0.1, 0.15) is 22.9 Å². The first kappa shape index (κ1) is 14.5. The molecular formula is C12H12F4N4. The summed E-state index contributed by atoms with van der Waals surface area (Å²) in [5.74, 6) is 4.58. The van der Waals surface area contributed by atoms with Crippen LogP contribution >= 0.6 is 0 Å². The summed E-state index contributed by atoms with van der Waals surface area (Å²) >= 11 is 0. The Bertz CT molecular complexity index is 606. The molecule has 0 aliphatic heterocycles. The highest BCUT2D eigenvalue weighted by Gasteiger charge is 2.36. The number of nitrogens with two attached hydrogens (primary N) is 1. The zero-order valence-corrected chi connectivity index (χ0v) is 10.4. The number of benzene rings is 1. The maximum absolute atomic E-state index is 13.3. The van der Waals surface area contributed by atoms with E-state index in [1.165, 1.54) is 16.9 Å². The molecule has 0 amide bonds. The van der Waals surface area contributed by atoms with Crippen LogP contribution in [0.2, 0.25) is 0 Å². The van der Waals surface area contributed by atoms with Crippen molar-refractivity contribution < 1.29 is 17.6 Å². The zero-order chi connectivity index (χ0) is 14.9. The normalized spacial score (nSPS) is 13.5. The van der Waals surface area contributed by atoms with Crippen molar-refractivity contribution in [3.63, 3.8) is 0 Å². The fourth-order valence-electron chi connectivity index (χ4n) is 2.03. The van der Waals surface area contributed by atoms with E-state index in [-0.39, 0.29) is 5.56 Å². The van der Waals surface area contributed by atoms with Gasteiger partial charge in [-0.05, 0) is 29.8 Å². The number of rotatable bonds is 3. The summed E-state index contributed by atoms with van der Waals surface area (Å²) in [5.41, 5.74) is 1.44. The van der Waals surface area contributed by atoms with Gasteiger partial charge in [-0.1, -0.05) is 0 Å². The monoisotopic (exact) mass is 288 g/mol. The van der Waals surface area contributed by atoms with Gasteiger partial charge in [0.15, 0.2) is 0 Å². The lowest BCUT2D eigenvalue weighted by Crippen LogP contribution is -2.32. The Morgan fingerprint density at radius 3 is 2.50 bits per heavy atom. The van der Waals surface area contributed by atoms with Crippen molar-refractivity contribution in [1.82, 2.24) is 15.2 Å². The number of alkyl halides is 3. The first-order valence-electron chi connectivity index (χ1n) is 5.65. The molecule has 20 heavy (non-hydrogen) atoms. The number of halogens is 4. The second kappa shape index (κ2) is 5.22. The van der Waals surface area contributed by atoms with Crippen molar-refractivity contribution in [2.75, 3.05) is 0 Å². The number of aromatic nitrogens is 2. The van der Waals surface area contributed by atoms with Crippen molar-refractivity contribution in [3.8, 4) is 0 Å². The van der Waals surface area contributed by atoms with Crippen LogP contribution in [0.25, 0.3) is 0 Å². The summed E-state index contributed by atoms with van der Waals surface area (Å²) in [4.78, 5) is 0. The van der Waals surface area contributed by atoms with Crippen LogP contribution in [0.5, 0.6) is 0 Å². The molecule has 1 aromatic heterocycles. The summed E-state index contributed by atoms with van der Waals surface area (Å²) in [6.45, 7) is 0. The highest BCUT2D eigenvalue weighted by molar-refractivity contribution is 5.37. The number of nitrogens with zero attached hydrogens (tertiary/aromatic N) is 2. The van der Waals surface area contributed by atoms with Crippen LogP contribution in [0, 0.1) is 5.82 Å². The van der Waals surface area contributed by atoms with E-state index in [1.54, 1.807) is 7.05 Å². The summed E-state index contributed by atoms with van der Waals surface area (Å²) in [6, 6.07) is 2.78. The van der Waals surface area contributed by atoms with Crippen molar-refractivity contribution in [2.24, 2.45) is 12.9 Å². The third kappa shape index (κ3) is 2.66. The standard InChI is InChI=1S/C12H12F4N4/c1-20-10(4-5-18-20)11(19-17)8-6-7(13)2-3-9(8)12(14,15)16/h2-6,11,19H,17H2,1H3. The molecule has 4 nitrogen and oxygen atoms in total. The first-order valence-corrected chi connectivity index (χ1v) is 5.65. The first-order chi connectivity index (χ1) is 9.34. The van der Waals surface area contributed by atoms with Crippen molar-refractivity contribution in [1.29, 1.82) is 0 Å². The Hall–Kier alpha value is -1.93. The molecule has 0 saturated carbocycles. The molecule has 0 spiro atoms. The van der Waals surface area contributed by atoms with Gasteiger partial charge in [-0.15, -0.1) is 0 Å². The third-order valence-corrected chi connectivity index (χ3v) is 2.95. The molecule has 1 aromatic carbocycles. The number of hydrazine groups is 1. The Labute approximate surface area is 112 Å². The number of nitrogens with one attached hydrogen (secondary N) is 1. The van der Waals surface area contributed by atoms with Gasteiger partial charge in [0.2, 0.25) is 0 Å². The van der Waals surface area contributed by atoms with Crippen LogP contribution in [-0.4, -0.2) is 9.78 Å². The molecular weight excluding hydrogens is 276 g/mol. The van der Waals surface area contributed by atoms with E-state index in [2.05, 4.69) is 10.5 Å². The summed E-state index contributed by atoms with van der Waals surface area (Å²) < 4.78 is 53.7. The second-order valence-corrected chi connectivity index (χ2v) is 4.21. The van der Waals surface area contributed by atoms with Gasteiger partial charge in [-0.3, -0.25) is 10.5 Å². The molecule has 108 valence electrons. The van der Waals surface area contributed by atoms with Gasteiger partial charge in [-0.2, -0.15) is 18.3 Å². The van der Waals surface area contributed by atoms with Crippen molar-refractivity contribution in [2.45, 2.75) is 12.2 Å². The Morgan fingerprint density at radius 2 is 2.00 bits per heavy atom. The van der Waals surface area contributed by atoms with E-state index in [0.29, 0.717) is 11.8 Å². The van der Waals surface area contributed by atoms with E-state index in [1.807, 2.05) is 0 Å². The van der Waals surface area contributed by atoms with E-state index in [0.717, 1.165) is 12.1 Å². The molecule has 3 N–H and O–H groups in total. The van der Waals surface area contributed by atoms with Gasteiger partial charge in [-0.25, -0.2) is 9.82 Å². The van der Waals surface area contributed by atoms with Crippen LogP contribution in [-0.2, 0) is 13.2 Å². The lowest BCUT2D eigenvalue weighted by Gasteiger charge is -2.21. The molecule has 0 saturated heterocycles. The minimum absolute atomic E-state index is 0.288.